The number of anilines is 2. The topological polar surface area (TPSA) is 75.0 Å². The van der Waals surface area contributed by atoms with Crippen LogP contribution in [0.2, 0.25) is 5.02 Å². The molecule has 21 heavy (non-hydrogen) atoms. The molecular weight excluding hydrogens is 310 g/mol. The number of nitriles is 1. The van der Waals surface area contributed by atoms with Gasteiger partial charge in [0.05, 0.1) is 28.9 Å². The minimum atomic E-state index is -0.448. The van der Waals surface area contributed by atoms with Crippen LogP contribution >= 0.6 is 22.9 Å². The second-order valence-electron chi connectivity index (χ2n) is 4.08. The van der Waals surface area contributed by atoms with E-state index in [1.165, 1.54) is 11.3 Å². The first kappa shape index (κ1) is 15.3. The molecule has 0 radical (unpaired) electrons. The predicted octanol–water partition coefficient (Wildman–Crippen LogP) is 3.90. The van der Waals surface area contributed by atoms with E-state index in [0.717, 1.165) is 4.88 Å². The predicted molar refractivity (Wildman–Crippen MR) is 82.3 cm³/mol. The molecule has 1 N–H and O–H groups in total. The number of nitrogens with zero attached hydrogens (tertiary/aromatic N) is 2. The minimum Gasteiger partial charge on any atom is -0.461 e. The van der Waals surface area contributed by atoms with E-state index in [0.29, 0.717) is 28.0 Å². The van der Waals surface area contributed by atoms with Crippen LogP contribution in [0.3, 0.4) is 0 Å². The van der Waals surface area contributed by atoms with Crippen LogP contribution in [0.25, 0.3) is 0 Å². The summed E-state index contributed by atoms with van der Waals surface area (Å²) in [5, 5.41) is 12.9. The number of hydrogen-bond donors (Lipinski definition) is 1. The molecule has 0 spiro atoms. The van der Waals surface area contributed by atoms with Crippen molar-refractivity contribution in [2.45, 2.75) is 13.8 Å². The fourth-order valence-corrected chi connectivity index (χ4v) is 2.62. The summed E-state index contributed by atoms with van der Waals surface area (Å²) in [7, 11) is 0. The highest BCUT2D eigenvalue weighted by molar-refractivity contribution is 7.15. The maximum absolute atomic E-state index is 11.7. The molecule has 2 aromatic rings. The molecule has 0 saturated heterocycles. The van der Waals surface area contributed by atoms with Gasteiger partial charge in [0.15, 0.2) is 10.8 Å². The summed E-state index contributed by atoms with van der Waals surface area (Å²) in [6, 6.07) is 6.93. The highest BCUT2D eigenvalue weighted by Crippen LogP contribution is 2.30. The Bertz CT molecular complexity index is 721. The monoisotopic (exact) mass is 321 g/mol. The van der Waals surface area contributed by atoms with E-state index in [-0.39, 0.29) is 5.69 Å². The van der Waals surface area contributed by atoms with Gasteiger partial charge in [-0.1, -0.05) is 11.6 Å². The fourth-order valence-electron chi connectivity index (χ4n) is 1.64. The molecule has 0 atom stereocenters. The molecule has 1 aromatic heterocycles. The van der Waals surface area contributed by atoms with Crippen LogP contribution in [0.5, 0.6) is 0 Å². The van der Waals surface area contributed by atoms with Gasteiger partial charge in [0, 0.05) is 4.88 Å². The normalized spacial score (nSPS) is 10.0. The van der Waals surface area contributed by atoms with Gasteiger partial charge in [-0.05, 0) is 32.0 Å². The first-order valence-corrected chi connectivity index (χ1v) is 7.35. The number of benzene rings is 1. The quantitative estimate of drug-likeness (QED) is 0.864. The number of carbonyl (C=O) groups excluding carboxylic acids is 1. The summed E-state index contributed by atoms with van der Waals surface area (Å²) in [6.45, 7) is 3.84. The van der Waals surface area contributed by atoms with Crippen LogP contribution in [-0.2, 0) is 4.74 Å². The van der Waals surface area contributed by atoms with E-state index in [1.54, 1.807) is 32.0 Å². The molecule has 108 valence electrons. The second-order valence-corrected chi connectivity index (χ2v) is 5.69. The number of rotatable bonds is 4. The van der Waals surface area contributed by atoms with Crippen molar-refractivity contribution in [3.63, 3.8) is 0 Å². The van der Waals surface area contributed by atoms with Crippen molar-refractivity contribution in [3.05, 3.63) is 39.4 Å². The number of thiazole rings is 1. The Balaban J connectivity index is 2.27. The maximum atomic E-state index is 11.7. The summed E-state index contributed by atoms with van der Waals surface area (Å²) in [4.78, 5) is 16.7. The Morgan fingerprint density at radius 1 is 1.57 bits per heavy atom. The summed E-state index contributed by atoms with van der Waals surface area (Å²) < 4.78 is 4.94. The molecule has 5 nitrogen and oxygen atoms in total. The van der Waals surface area contributed by atoms with Crippen LogP contribution in [-0.4, -0.2) is 17.6 Å². The zero-order chi connectivity index (χ0) is 15.4. The van der Waals surface area contributed by atoms with Crippen molar-refractivity contribution in [2.75, 3.05) is 11.9 Å². The van der Waals surface area contributed by atoms with E-state index in [9.17, 15) is 4.79 Å². The fraction of sp³-hybridized carbons (Fsp3) is 0.214. The molecule has 1 aromatic carbocycles. The highest BCUT2D eigenvalue weighted by Gasteiger charge is 2.17. The van der Waals surface area contributed by atoms with Crippen LogP contribution in [0, 0.1) is 18.3 Å². The lowest BCUT2D eigenvalue weighted by molar-refractivity contribution is 0.0519. The smallest absolute Gasteiger partial charge is 0.358 e. The molecule has 0 aliphatic heterocycles. The van der Waals surface area contributed by atoms with Crippen LogP contribution < -0.4 is 5.32 Å². The van der Waals surface area contributed by atoms with Gasteiger partial charge in [0.2, 0.25) is 0 Å². The molecule has 2 rings (SSSR count). The van der Waals surface area contributed by atoms with Gasteiger partial charge in [0.1, 0.15) is 0 Å². The van der Waals surface area contributed by atoms with E-state index < -0.39 is 5.97 Å². The number of ether oxygens (including phenoxy) is 1. The summed E-state index contributed by atoms with van der Waals surface area (Å²) in [5.41, 5.74) is 1.34. The van der Waals surface area contributed by atoms with E-state index in [2.05, 4.69) is 10.3 Å². The molecule has 0 aliphatic rings. The number of carbonyl (C=O) groups is 1. The van der Waals surface area contributed by atoms with Crippen molar-refractivity contribution in [3.8, 4) is 6.07 Å². The van der Waals surface area contributed by atoms with Gasteiger partial charge in [-0.3, -0.25) is 0 Å². The van der Waals surface area contributed by atoms with Crippen molar-refractivity contribution in [1.82, 2.24) is 4.98 Å². The first-order valence-electron chi connectivity index (χ1n) is 6.16. The Morgan fingerprint density at radius 2 is 2.33 bits per heavy atom. The average molecular weight is 322 g/mol. The van der Waals surface area contributed by atoms with Gasteiger partial charge >= 0.3 is 5.97 Å². The standard InChI is InChI=1S/C14H12ClN3O2S/c1-3-20-13(19)12-8(2)21-14(18-12)17-11-6-9(7-16)4-5-10(11)15/h4-6H,3H2,1-2H3,(H,17,18). The Hall–Kier alpha value is -2.10. The average Bonchev–Trinajstić information content (AvgIpc) is 2.82. The minimum absolute atomic E-state index is 0.289. The van der Waals surface area contributed by atoms with Gasteiger partial charge < -0.3 is 10.1 Å². The van der Waals surface area contributed by atoms with Crippen LogP contribution in [0.4, 0.5) is 10.8 Å². The molecule has 0 saturated carbocycles. The molecule has 0 amide bonds. The third kappa shape index (κ3) is 3.51. The molecule has 0 aliphatic carbocycles. The second kappa shape index (κ2) is 6.57. The summed E-state index contributed by atoms with van der Waals surface area (Å²) >= 11 is 7.40. The maximum Gasteiger partial charge on any atom is 0.358 e. The van der Waals surface area contributed by atoms with Gasteiger partial charge in [-0.15, -0.1) is 11.3 Å². The highest BCUT2D eigenvalue weighted by atomic mass is 35.5. The molecule has 0 fully saturated rings. The van der Waals surface area contributed by atoms with Crippen molar-refractivity contribution >= 4 is 39.7 Å². The third-order valence-electron chi connectivity index (χ3n) is 2.60. The van der Waals surface area contributed by atoms with Crippen molar-refractivity contribution in [1.29, 1.82) is 5.26 Å². The lowest BCUT2D eigenvalue weighted by Crippen LogP contribution is -2.06. The largest absolute Gasteiger partial charge is 0.461 e. The van der Waals surface area contributed by atoms with E-state index in [4.69, 9.17) is 21.6 Å². The van der Waals surface area contributed by atoms with Crippen LogP contribution in [0.15, 0.2) is 18.2 Å². The Morgan fingerprint density at radius 3 is 3.00 bits per heavy atom. The molecule has 0 bridgehead atoms. The Kier molecular flexibility index (Phi) is 4.78. The number of hydrogen-bond acceptors (Lipinski definition) is 6. The van der Waals surface area contributed by atoms with Gasteiger partial charge in [0.25, 0.3) is 0 Å². The summed E-state index contributed by atoms with van der Waals surface area (Å²) in [6.07, 6.45) is 0. The zero-order valence-corrected chi connectivity index (χ0v) is 13.0. The number of nitrogens with one attached hydrogen (secondary N) is 1. The third-order valence-corrected chi connectivity index (χ3v) is 3.82. The molecule has 1 heterocycles. The zero-order valence-electron chi connectivity index (χ0n) is 11.4. The van der Waals surface area contributed by atoms with Crippen molar-refractivity contribution < 1.29 is 9.53 Å². The lowest BCUT2D eigenvalue weighted by atomic mass is 10.2. The van der Waals surface area contributed by atoms with Gasteiger partial charge in [-0.2, -0.15) is 5.26 Å². The first-order chi connectivity index (χ1) is 10.0. The number of halogens is 1. The van der Waals surface area contributed by atoms with E-state index >= 15 is 0 Å². The molecular formula is C14H12ClN3O2S. The van der Waals surface area contributed by atoms with Crippen molar-refractivity contribution in [2.24, 2.45) is 0 Å². The number of esters is 1. The van der Waals surface area contributed by atoms with E-state index in [1.807, 2.05) is 6.07 Å². The van der Waals surface area contributed by atoms with Gasteiger partial charge in [-0.25, -0.2) is 9.78 Å². The molecule has 7 heteroatoms. The van der Waals surface area contributed by atoms with Crippen LogP contribution in [0.1, 0.15) is 27.9 Å². The molecule has 0 unspecified atom stereocenters. The number of aryl methyl sites for hydroxylation is 1. The SMILES string of the molecule is CCOC(=O)c1nc(Nc2cc(C#N)ccc2Cl)sc1C. The number of aromatic nitrogens is 1. The summed E-state index contributed by atoms with van der Waals surface area (Å²) in [5.74, 6) is -0.448. The Labute approximate surface area is 131 Å². The lowest BCUT2D eigenvalue weighted by Gasteiger charge is -2.05.